The zero-order valence-corrected chi connectivity index (χ0v) is 17.6. The first kappa shape index (κ1) is 17.7. The molecule has 148 valence electrons. The molecule has 0 N–H and O–H groups in total. The third-order valence-corrected chi connectivity index (χ3v) is 6.98. The fourth-order valence-corrected chi connectivity index (χ4v) is 5.40. The first-order valence-corrected chi connectivity index (χ1v) is 11.0. The van der Waals surface area contributed by atoms with Gasteiger partial charge in [-0.2, -0.15) is 0 Å². The second-order valence-electron chi connectivity index (χ2n) is 8.84. The quantitative estimate of drug-likeness (QED) is 0.290. The number of para-hydroxylation sites is 1. The lowest BCUT2D eigenvalue weighted by Gasteiger charge is -2.12. The molecule has 0 radical (unpaired) electrons. The summed E-state index contributed by atoms with van der Waals surface area (Å²) in [5.74, 6) is 0.729. The summed E-state index contributed by atoms with van der Waals surface area (Å²) in [7, 11) is 2.14. The highest BCUT2D eigenvalue weighted by Crippen LogP contribution is 2.40. The van der Waals surface area contributed by atoms with Crippen molar-refractivity contribution in [3.8, 4) is 11.3 Å². The Kier molecular flexibility index (Phi) is 3.95. The van der Waals surface area contributed by atoms with Crippen LogP contribution in [0.1, 0.15) is 42.7 Å². The SMILES string of the molecule is Cc1ccc2c(oc3ccccc32)c1-c1c2ccc(C3CCCC3)cc2cc[n+]1C. The van der Waals surface area contributed by atoms with Crippen LogP contribution in [0, 0.1) is 6.92 Å². The highest BCUT2D eigenvalue weighted by atomic mass is 16.3. The predicted octanol–water partition coefficient (Wildman–Crippen LogP) is 7.20. The van der Waals surface area contributed by atoms with Gasteiger partial charge in [0.15, 0.2) is 6.20 Å². The Morgan fingerprint density at radius 2 is 1.67 bits per heavy atom. The maximum Gasteiger partial charge on any atom is 0.224 e. The number of fused-ring (bicyclic) bond motifs is 4. The van der Waals surface area contributed by atoms with Gasteiger partial charge in [-0.15, -0.1) is 0 Å². The van der Waals surface area contributed by atoms with Crippen LogP contribution in [0.3, 0.4) is 0 Å². The zero-order chi connectivity index (χ0) is 20.2. The summed E-state index contributed by atoms with van der Waals surface area (Å²) in [4.78, 5) is 0. The number of hydrogen-bond acceptors (Lipinski definition) is 1. The minimum Gasteiger partial charge on any atom is -0.455 e. The highest BCUT2D eigenvalue weighted by molar-refractivity contribution is 6.11. The van der Waals surface area contributed by atoms with E-state index >= 15 is 0 Å². The topological polar surface area (TPSA) is 17.0 Å². The normalized spacial score (nSPS) is 15.0. The van der Waals surface area contributed by atoms with Crippen molar-refractivity contribution >= 4 is 32.7 Å². The molecule has 1 saturated carbocycles. The largest absolute Gasteiger partial charge is 0.455 e. The third kappa shape index (κ3) is 2.60. The fourth-order valence-electron chi connectivity index (χ4n) is 5.40. The van der Waals surface area contributed by atoms with Gasteiger partial charge in [0.25, 0.3) is 0 Å². The van der Waals surface area contributed by atoms with Crippen LogP contribution in [0.5, 0.6) is 0 Å². The van der Waals surface area contributed by atoms with E-state index in [9.17, 15) is 0 Å². The fraction of sp³-hybridized carbons (Fsp3) is 0.250. The summed E-state index contributed by atoms with van der Waals surface area (Å²) < 4.78 is 8.66. The van der Waals surface area contributed by atoms with Crippen LogP contribution in [-0.2, 0) is 7.05 Å². The molecular weight excluding hydrogens is 366 g/mol. The monoisotopic (exact) mass is 392 g/mol. The first-order chi connectivity index (χ1) is 14.7. The van der Waals surface area contributed by atoms with E-state index in [1.54, 1.807) is 0 Å². The smallest absolute Gasteiger partial charge is 0.224 e. The molecule has 1 aliphatic carbocycles. The number of aryl methyl sites for hydroxylation is 2. The zero-order valence-electron chi connectivity index (χ0n) is 17.6. The molecule has 0 spiro atoms. The van der Waals surface area contributed by atoms with Gasteiger partial charge in [-0.25, -0.2) is 4.57 Å². The molecule has 0 aliphatic heterocycles. The number of hydrogen-bond donors (Lipinski definition) is 0. The Balaban J connectivity index is 1.65. The Morgan fingerprint density at radius 1 is 0.867 bits per heavy atom. The lowest BCUT2D eigenvalue weighted by Crippen LogP contribution is -2.30. The van der Waals surface area contributed by atoms with Crippen LogP contribution in [-0.4, -0.2) is 0 Å². The summed E-state index contributed by atoms with van der Waals surface area (Å²) in [6.07, 6.45) is 7.58. The summed E-state index contributed by atoms with van der Waals surface area (Å²) in [5, 5.41) is 4.98. The molecule has 2 heterocycles. The van der Waals surface area contributed by atoms with E-state index in [0.717, 1.165) is 17.1 Å². The number of aromatic nitrogens is 1. The first-order valence-electron chi connectivity index (χ1n) is 11.0. The molecular formula is C28H26NO+. The molecule has 0 unspecified atom stereocenters. The predicted molar refractivity (Wildman–Crippen MR) is 124 cm³/mol. The molecule has 1 aliphatic rings. The Morgan fingerprint density at radius 3 is 2.53 bits per heavy atom. The number of nitrogens with zero attached hydrogens (tertiary/aromatic N) is 1. The lowest BCUT2D eigenvalue weighted by molar-refractivity contribution is -0.659. The van der Waals surface area contributed by atoms with Crippen molar-refractivity contribution in [1.82, 2.24) is 0 Å². The second-order valence-corrected chi connectivity index (χ2v) is 8.84. The Labute approximate surface area is 176 Å². The standard InChI is InChI=1S/C28H26NO/c1-18-11-13-24-23-9-5-6-10-25(23)30-28(24)26(18)27-22-14-12-20(19-7-3-4-8-19)17-21(22)15-16-29(27)2/h5-6,9-17,19H,3-4,7-8H2,1-2H3/q+1. The van der Waals surface area contributed by atoms with E-state index in [1.165, 1.54) is 69.6 Å². The molecule has 0 saturated heterocycles. The van der Waals surface area contributed by atoms with Crippen LogP contribution in [0.4, 0.5) is 0 Å². The van der Waals surface area contributed by atoms with E-state index in [4.69, 9.17) is 4.42 Å². The van der Waals surface area contributed by atoms with Crippen LogP contribution in [0.25, 0.3) is 44.0 Å². The summed E-state index contributed by atoms with van der Waals surface area (Å²) in [6.45, 7) is 2.19. The van der Waals surface area contributed by atoms with Crippen LogP contribution in [0.15, 0.2) is 71.3 Å². The molecule has 2 heteroatoms. The molecule has 2 aromatic heterocycles. The minimum atomic E-state index is 0.729. The summed E-state index contributed by atoms with van der Waals surface area (Å²) in [5.41, 5.74) is 7.10. The van der Waals surface area contributed by atoms with Crippen molar-refractivity contribution < 1.29 is 8.98 Å². The van der Waals surface area contributed by atoms with Gasteiger partial charge in [-0.05, 0) is 54.3 Å². The van der Waals surface area contributed by atoms with Crippen molar-refractivity contribution in [2.45, 2.75) is 38.5 Å². The van der Waals surface area contributed by atoms with Gasteiger partial charge in [-0.3, -0.25) is 0 Å². The van der Waals surface area contributed by atoms with E-state index in [-0.39, 0.29) is 0 Å². The average Bonchev–Trinajstić information content (AvgIpc) is 3.42. The highest BCUT2D eigenvalue weighted by Gasteiger charge is 2.24. The average molecular weight is 393 g/mol. The number of pyridine rings is 1. The van der Waals surface area contributed by atoms with Gasteiger partial charge >= 0.3 is 0 Å². The molecule has 3 aromatic carbocycles. The van der Waals surface area contributed by atoms with Crippen LogP contribution < -0.4 is 4.57 Å². The van der Waals surface area contributed by atoms with Gasteiger partial charge in [0.2, 0.25) is 5.69 Å². The second kappa shape index (κ2) is 6.70. The van der Waals surface area contributed by atoms with Crippen LogP contribution in [0.2, 0.25) is 0 Å². The van der Waals surface area contributed by atoms with Gasteiger partial charge in [0.1, 0.15) is 18.2 Å². The van der Waals surface area contributed by atoms with Crippen LogP contribution >= 0.6 is 0 Å². The minimum absolute atomic E-state index is 0.729. The van der Waals surface area contributed by atoms with Crippen molar-refractivity contribution in [1.29, 1.82) is 0 Å². The maximum absolute atomic E-state index is 6.41. The van der Waals surface area contributed by atoms with Crippen molar-refractivity contribution in [3.63, 3.8) is 0 Å². The van der Waals surface area contributed by atoms with E-state index in [1.807, 2.05) is 6.07 Å². The van der Waals surface area contributed by atoms with Gasteiger partial charge in [0.05, 0.1) is 10.9 Å². The third-order valence-electron chi connectivity index (χ3n) is 6.98. The van der Waals surface area contributed by atoms with E-state index in [2.05, 4.69) is 79.3 Å². The number of furan rings is 1. The Bertz CT molecular complexity index is 1420. The molecule has 1 fully saturated rings. The van der Waals surface area contributed by atoms with Crippen molar-refractivity contribution in [3.05, 3.63) is 78.0 Å². The number of rotatable bonds is 2. The summed E-state index contributed by atoms with van der Waals surface area (Å²) in [6, 6.07) is 22.1. The summed E-state index contributed by atoms with van der Waals surface area (Å²) >= 11 is 0. The molecule has 0 atom stereocenters. The molecule has 6 rings (SSSR count). The molecule has 2 nitrogen and oxygen atoms in total. The van der Waals surface area contributed by atoms with Crippen molar-refractivity contribution in [2.24, 2.45) is 7.05 Å². The van der Waals surface area contributed by atoms with Gasteiger partial charge in [-0.1, -0.05) is 55.3 Å². The number of benzene rings is 3. The molecule has 0 amide bonds. The van der Waals surface area contributed by atoms with E-state index < -0.39 is 0 Å². The molecule has 30 heavy (non-hydrogen) atoms. The van der Waals surface area contributed by atoms with Gasteiger partial charge < -0.3 is 4.42 Å². The molecule has 0 bridgehead atoms. The molecule has 5 aromatic rings. The Hall–Kier alpha value is -3.13. The maximum atomic E-state index is 6.41. The van der Waals surface area contributed by atoms with E-state index in [0.29, 0.717) is 0 Å². The lowest BCUT2D eigenvalue weighted by atomic mass is 9.92. The van der Waals surface area contributed by atoms with Gasteiger partial charge in [0, 0.05) is 16.8 Å². The van der Waals surface area contributed by atoms with Crippen molar-refractivity contribution in [2.75, 3.05) is 0 Å².